The fraction of sp³-hybridized carbons (Fsp3) is 0.0500. The number of carbonyl (C=O) groups excluding carboxylic acids is 1. The molecule has 0 unspecified atom stereocenters. The van der Waals surface area contributed by atoms with Crippen LogP contribution in [-0.4, -0.2) is 10.9 Å². The van der Waals surface area contributed by atoms with Gasteiger partial charge in [0.1, 0.15) is 22.5 Å². The topological polar surface area (TPSA) is 65.8 Å². The summed E-state index contributed by atoms with van der Waals surface area (Å²) in [4.78, 5) is 16.7. The van der Waals surface area contributed by atoms with Gasteiger partial charge in [-0.15, -0.1) is 11.3 Å². The first-order valence-electron chi connectivity index (χ1n) is 7.76. The maximum absolute atomic E-state index is 13.0. The molecule has 4 nitrogen and oxygen atoms in total. The highest BCUT2D eigenvalue weighted by molar-refractivity contribution is 7.13. The van der Waals surface area contributed by atoms with Gasteiger partial charge in [-0.3, -0.25) is 4.79 Å². The van der Waals surface area contributed by atoms with E-state index in [1.165, 1.54) is 29.5 Å². The Morgan fingerprint density at radius 2 is 1.88 bits per heavy atom. The number of anilines is 1. The highest BCUT2D eigenvalue weighted by Crippen LogP contribution is 2.25. The summed E-state index contributed by atoms with van der Waals surface area (Å²) >= 11 is 1.36. The number of aryl methyl sites for hydroxylation is 1. The molecule has 26 heavy (non-hydrogen) atoms. The lowest BCUT2D eigenvalue weighted by molar-refractivity contribution is -0.112. The second-order valence-corrected chi connectivity index (χ2v) is 6.43. The number of halogens is 1. The van der Waals surface area contributed by atoms with Crippen LogP contribution in [0.15, 0.2) is 59.5 Å². The number of aromatic nitrogens is 1. The second-order valence-electron chi connectivity index (χ2n) is 5.57. The van der Waals surface area contributed by atoms with E-state index in [2.05, 4.69) is 10.3 Å². The molecule has 6 heteroatoms. The summed E-state index contributed by atoms with van der Waals surface area (Å²) in [6.07, 6.45) is 1.44. The number of amides is 1. The van der Waals surface area contributed by atoms with E-state index in [1.807, 2.05) is 25.1 Å². The number of carbonyl (C=O) groups is 1. The van der Waals surface area contributed by atoms with Gasteiger partial charge in [0, 0.05) is 16.6 Å². The predicted molar refractivity (Wildman–Crippen MR) is 101 cm³/mol. The van der Waals surface area contributed by atoms with Crippen molar-refractivity contribution in [3.63, 3.8) is 0 Å². The summed E-state index contributed by atoms with van der Waals surface area (Å²) in [5.74, 6) is -0.808. The van der Waals surface area contributed by atoms with Crippen LogP contribution >= 0.6 is 11.3 Å². The average molecular weight is 363 g/mol. The zero-order valence-electron chi connectivity index (χ0n) is 13.9. The molecule has 0 radical (unpaired) electrons. The normalized spacial score (nSPS) is 11.0. The Hall–Kier alpha value is -3.30. The van der Waals surface area contributed by atoms with Crippen molar-refractivity contribution in [3.8, 4) is 16.6 Å². The molecule has 0 atom stereocenters. The number of nitrogens with zero attached hydrogens (tertiary/aromatic N) is 2. The van der Waals surface area contributed by atoms with Crippen LogP contribution in [0, 0.1) is 24.1 Å². The Kier molecular flexibility index (Phi) is 5.20. The van der Waals surface area contributed by atoms with Gasteiger partial charge in [0.05, 0.1) is 5.69 Å². The molecule has 1 N–H and O–H groups in total. The minimum absolute atomic E-state index is 0.0402. The molecule has 1 aromatic heterocycles. The van der Waals surface area contributed by atoms with Crippen molar-refractivity contribution in [2.75, 3.05) is 5.32 Å². The third kappa shape index (κ3) is 4.21. The summed E-state index contributed by atoms with van der Waals surface area (Å²) in [6.45, 7) is 1.95. The molecule has 3 aromatic rings. The molecule has 0 aliphatic rings. The van der Waals surface area contributed by atoms with E-state index in [0.717, 1.165) is 11.1 Å². The van der Waals surface area contributed by atoms with Crippen LogP contribution in [0.2, 0.25) is 0 Å². The van der Waals surface area contributed by atoms with Crippen molar-refractivity contribution >= 4 is 29.0 Å². The standard InChI is InChI=1S/C20H14FN3OS/c1-13-2-8-17(9-3-13)23-19(25)15(11-22)10-18-12-26-20(24-18)14-4-6-16(21)7-5-14/h2-10,12H,1H3,(H,23,25)/b15-10+. The lowest BCUT2D eigenvalue weighted by Gasteiger charge is -2.04. The number of hydrogen-bond acceptors (Lipinski definition) is 4. The number of rotatable bonds is 4. The van der Waals surface area contributed by atoms with Crippen LogP contribution in [0.1, 0.15) is 11.3 Å². The van der Waals surface area contributed by atoms with E-state index >= 15 is 0 Å². The van der Waals surface area contributed by atoms with E-state index in [-0.39, 0.29) is 11.4 Å². The predicted octanol–water partition coefficient (Wildman–Crippen LogP) is 4.80. The minimum Gasteiger partial charge on any atom is -0.321 e. The van der Waals surface area contributed by atoms with Gasteiger partial charge in [0.15, 0.2) is 0 Å². The molecule has 0 spiro atoms. The number of nitriles is 1. The van der Waals surface area contributed by atoms with Gasteiger partial charge >= 0.3 is 0 Å². The van der Waals surface area contributed by atoms with E-state index in [0.29, 0.717) is 16.4 Å². The summed E-state index contributed by atoms with van der Waals surface area (Å²) in [6, 6.07) is 15.2. The van der Waals surface area contributed by atoms with Gasteiger partial charge in [0.25, 0.3) is 5.91 Å². The number of benzene rings is 2. The van der Waals surface area contributed by atoms with Crippen LogP contribution in [-0.2, 0) is 4.79 Å². The van der Waals surface area contributed by atoms with Crippen LogP contribution in [0.5, 0.6) is 0 Å². The van der Waals surface area contributed by atoms with Crippen molar-refractivity contribution in [3.05, 3.63) is 76.6 Å². The third-order valence-electron chi connectivity index (χ3n) is 3.58. The molecular formula is C20H14FN3OS. The fourth-order valence-corrected chi connectivity index (χ4v) is 2.99. The molecule has 0 bridgehead atoms. The highest BCUT2D eigenvalue weighted by Gasteiger charge is 2.11. The Morgan fingerprint density at radius 3 is 2.54 bits per heavy atom. The van der Waals surface area contributed by atoms with E-state index in [1.54, 1.807) is 29.6 Å². The van der Waals surface area contributed by atoms with E-state index in [9.17, 15) is 14.4 Å². The Labute approximate surface area is 154 Å². The molecule has 1 heterocycles. The van der Waals surface area contributed by atoms with Crippen LogP contribution < -0.4 is 5.32 Å². The zero-order valence-corrected chi connectivity index (χ0v) is 14.7. The van der Waals surface area contributed by atoms with Gasteiger partial charge < -0.3 is 5.32 Å². The maximum Gasteiger partial charge on any atom is 0.266 e. The summed E-state index contributed by atoms with van der Waals surface area (Å²) in [5, 5.41) is 14.4. The van der Waals surface area contributed by atoms with Crippen LogP contribution in [0.4, 0.5) is 10.1 Å². The van der Waals surface area contributed by atoms with Gasteiger partial charge in [0.2, 0.25) is 0 Å². The van der Waals surface area contributed by atoms with Gasteiger partial charge in [-0.1, -0.05) is 17.7 Å². The van der Waals surface area contributed by atoms with E-state index < -0.39 is 5.91 Å². The SMILES string of the molecule is Cc1ccc(NC(=O)/C(C#N)=C/c2csc(-c3ccc(F)cc3)n2)cc1. The number of nitrogens with one attached hydrogen (secondary N) is 1. The number of hydrogen-bond donors (Lipinski definition) is 1. The summed E-state index contributed by atoms with van der Waals surface area (Å²) in [7, 11) is 0. The summed E-state index contributed by atoms with van der Waals surface area (Å²) in [5.41, 5.74) is 2.94. The van der Waals surface area contributed by atoms with Crippen molar-refractivity contribution in [1.82, 2.24) is 4.98 Å². The highest BCUT2D eigenvalue weighted by atomic mass is 32.1. The lowest BCUT2D eigenvalue weighted by Crippen LogP contribution is -2.13. The summed E-state index contributed by atoms with van der Waals surface area (Å²) < 4.78 is 13.0. The smallest absolute Gasteiger partial charge is 0.266 e. The third-order valence-corrected chi connectivity index (χ3v) is 4.49. The Morgan fingerprint density at radius 1 is 1.19 bits per heavy atom. The first-order valence-corrected chi connectivity index (χ1v) is 8.64. The minimum atomic E-state index is -0.493. The number of thiazole rings is 1. The largest absolute Gasteiger partial charge is 0.321 e. The first-order chi connectivity index (χ1) is 12.5. The molecular weight excluding hydrogens is 349 g/mol. The van der Waals surface area contributed by atoms with Gasteiger partial charge in [-0.25, -0.2) is 9.37 Å². The first kappa shape index (κ1) is 17.5. The molecule has 0 aliphatic heterocycles. The quantitative estimate of drug-likeness (QED) is 0.535. The van der Waals surface area contributed by atoms with Crippen LogP contribution in [0.3, 0.4) is 0 Å². The molecule has 1 amide bonds. The molecule has 0 saturated carbocycles. The molecule has 3 rings (SSSR count). The zero-order chi connectivity index (χ0) is 18.5. The van der Waals surface area contributed by atoms with Crippen molar-refractivity contribution < 1.29 is 9.18 Å². The van der Waals surface area contributed by atoms with Crippen molar-refractivity contribution in [1.29, 1.82) is 5.26 Å². The van der Waals surface area contributed by atoms with E-state index in [4.69, 9.17) is 0 Å². The molecule has 0 aliphatic carbocycles. The van der Waals surface area contributed by atoms with Crippen LogP contribution in [0.25, 0.3) is 16.6 Å². The Bertz CT molecular complexity index is 999. The monoisotopic (exact) mass is 363 g/mol. The lowest BCUT2D eigenvalue weighted by atomic mass is 10.2. The molecule has 128 valence electrons. The van der Waals surface area contributed by atoms with Gasteiger partial charge in [-0.05, 0) is 49.4 Å². The fourth-order valence-electron chi connectivity index (χ4n) is 2.21. The molecule has 0 fully saturated rings. The maximum atomic E-state index is 13.0. The average Bonchev–Trinajstić information content (AvgIpc) is 3.11. The molecule has 2 aromatic carbocycles. The second kappa shape index (κ2) is 7.72. The van der Waals surface area contributed by atoms with Gasteiger partial charge in [-0.2, -0.15) is 5.26 Å². The molecule has 0 saturated heterocycles. The Balaban J connectivity index is 1.78. The van der Waals surface area contributed by atoms with Crippen molar-refractivity contribution in [2.45, 2.75) is 6.92 Å². The van der Waals surface area contributed by atoms with Crippen molar-refractivity contribution in [2.24, 2.45) is 0 Å².